The highest BCUT2D eigenvalue weighted by atomic mass is 32.1. The lowest BCUT2D eigenvalue weighted by molar-refractivity contribution is -0.122. The van der Waals surface area contributed by atoms with Crippen LogP contribution in [0.3, 0.4) is 0 Å². The Labute approximate surface area is 164 Å². The van der Waals surface area contributed by atoms with Crippen molar-refractivity contribution in [3.63, 3.8) is 0 Å². The molecule has 1 heterocycles. The van der Waals surface area contributed by atoms with Crippen LogP contribution < -0.4 is 10.1 Å². The van der Waals surface area contributed by atoms with Gasteiger partial charge < -0.3 is 10.1 Å². The standard InChI is InChI=1S/C22H24N2O2S/c1-16-24-19(15-27-16)11-12-23-22(25)21(13-17-7-4-3-5-8-17)18-9-6-10-20(14-18)26-2/h3-10,14-15,21H,11-13H2,1-2H3,(H,23,25). The van der Waals surface area contributed by atoms with Gasteiger partial charge in [0.15, 0.2) is 0 Å². The first kappa shape index (κ1) is 19.1. The minimum absolute atomic E-state index is 0.0269. The normalized spacial score (nSPS) is 11.8. The van der Waals surface area contributed by atoms with E-state index >= 15 is 0 Å². The van der Waals surface area contributed by atoms with Crippen LogP contribution in [0.5, 0.6) is 5.75 Å². The SMILES string of the molecule is COc1cccc(C(Cc2ccccc2)C(=O)NCCc2csc(C)n2)c1. The third kappa shape index (κ3) is 5.41. The molecular weight excluding hydrogens is 356 g/mol. The Kier molecular flexibility index (Phi) is 6.60. The van der Waals surface area contributed by atoms with Crippen LogP contribution in [-0.2, 0) is 17.6 Å². The van der Waals surface area contributed by atoms with Crippen molar-refractivity contribution >= 4 is 17.2 Å². The van der Waals surface area contributed by atoms with Crippen LogP contribution in [0, 0.1) is 6.92 Å². The fraction of sp³-hybridized carbons (Fsp3) is 0.273. The fourth-order valence-corrected chi connectivity index (χ4v) is 3.68. The molecule has 1 aromatic heterocycles. The highest BCUT2D eigenvalue weighted by Crippen LogP contribution is 2.25. The summed E-state index contributed by atoms with van der Waals surface area (Å²) in [4.78, 5) is 17.4. The van der Waals surface area contributed by atoms with Crippen LogP contribution in [0.4, 0.5) is 0 Å². The van der Waals surface area contributed by atoms with E-state index in [0.29, 0.717) is 13.0 Å². The zero-order valence-corrected chi connectivity index (χ0v) is 16.5. The average molecular weight is 381 g/mol. The van der Waals surface area contributed by atoms with Crippen molar-refractivity contribution in [3.8, 4) is 5.75 Å². The predicted octanol–water partition coefficient (Wildman–Crippen LogP) is 4.15. The van der Waals surface area contributed by atoms with Crippen molar-refractivity contribution in [1.29, 1.82) is 0 Å². The Morgan fingerprint density at radius 1 is 1.19 bits per heavy atom. The Bertz CT molecular complexity index is 877. The van der Waals surface area contributed by atoms with E-state index < -0.39 is 0 Å². The number of ether oxygens (including phenoxy) is 1. The maximum atomic E-state index is 13.0. The molecule has 1 atom stereocenters. The lowest BCUT2D eigenvalue weighted by Gasteiger charge is -2.18. The van der Waals surface area contributed by atoms with Gasteiger partial charge in [-0.1, -0.05) is 42.5 Å². The summed E-state index contributed by atoms with van der Waals surface area (Å²) in [7, 11) is 1.64. The van der Waals surface area contributed by atoms with E-state index in [0.717, 1.165) is 34.0 Å². The molecule has 1 N–H and O–H groups in total. The zero-order valence-electron chi connectivity index (χ0n) is 15.6. The maximum absolute atomic E-state index is 13.0. The molecule has 27 heavy (non-hydrogen) atoms. The van der Waals surface area contributed by atoms with Crippen LogP contribution in [0.1, 0.15) is 27.7 Å². The van der Waals surface area contributed by atoms with Gasteiger partial charge in [-0.3, -0.25) is 4.79 Å². The number of hydrogen-bond acceptors (Lipinski definition) is 4. The third-order valence-corrected chi connectivity index (χ3v) is 5.26. The van der Waals surface area contributed by atoms with E-state index in [1.165, 1.54) is 0 Å². The number of benzene rings is 2. The number of amides is 1. The van der Waals surface area contributed by atoms with E-state index in [1.807, 2.05) is 54.8 Å². The number of methoxy groups -OCH3 is 1. The molecule has 3 rings (SSSR count). The molecule has 1 unspecified atom stereocenters. The Balaban J connectivity index is 1.72. The van der Waals surface area contributed by atoms with E-state index in [9.17, 15) is 4.79 Å². The number of thiazole rings is 1. The number of aryl methyl sites for hydroxylation is 1. The Morgan fingerprint density at radius 3 is 2.70 bits per heavy atom. The summed E-state index contributed by atoms with van der Waals surface area (Å²) in [5.41, 5.74) is 3.12. The maximum Gasteiger partial charge on any atom is 0.227 e. The molecule has 0 aliphatic heterocycles. The number of nitrogens with one attached hydrogen (secondary N) is 1. The first-order valence-electron chi connectivity index (χ1n) is 9.02. The minimum atomic E-state index is -0.264. The van der Waals surface area contributed by atoms with Crippen LogP contribution in [0.25, 0.3) is 0 Å². The summed E-state index contributed by atoms with van der Waals surface area (Å²) < 4.78 is 5.34. The first-order valence-corrected chi connectivity index (χ1v) is 9.90. The largest absolute Gasteiger partial charge is 0.497 e. The molecule has 5 heteroatoms. The molecule has 0 saturated heterocycles. The molecule has 0 aliphatic carbocycles. The van der Waals surface area contributed by atoms with E-state index in [-0.39, 0.29) is 11.8 Å². The van der Waals surface area contributed by atoms with Crippen LogP contribution in [-0.4, -0.2) is 24.5 Å². The number of carbonyl (C=O) groups is 1. The van der Waals surface area contributed by atoms with Crippen molar-refractivity contribution in [3.05, 3.63) is 81.8 Å². The van der Waals surface area contributed by atoms with Crippen molar-refractivity contribution < 1.29 is 9.53 Å². The molecule has 2 aromatic carbocycles. The summed E-state index contributed by atoms with van der Waals surface area (Å²) in [6, 6.07) is 17.8. The fourth-order valence-electron chi connectivity index (χ4n) is 3.03. The summed E-state index contributed by atoms with van der Waals surface area (Å²) in [6.45, 7) is 2.57. The molecule has 0 saturated carbocycles. The lowest BCUT2D eigenvalue weighted by Crippen LogP contribution is -2.32. The summed E-state index contributed by atoms with van der Waals surface area (Å²) >= 11 is 1.63. The number of hydrogen-bond donors (Lipinski definition) is 1. The highest BCUT2D eigenvalue weighted by Gasteiger charge is 2.21. The van der Waals surface area contributed by atoms with E-state index in [1.54, 1.807) is 18.4 Å². The quantitative estimate of drug-likeness (QED) is 0.639. The summed E-state index contributed by atoms with van der Waals surface area (Å²) in [5.74, 6) is 0.523. The van der Waals surface area contributed by atoms with Crippen LogP contribution in [0.2, 0.25) is 0 Å². The van der Waals surface area contributed by atoms with Gasteiger partial charge in [0.05, 0.1) is 23.7 Å². The Hall–Kier alpha value is -2.66. The average Bonchev–Trinajstić information content (AvgIpc) is 3.12. The van der Waals surface area contributed by atoms with Crippen LogP contribution >= 0.6 is 11.3 Å². The predicted molar refractivity (Wildman–Crippen MR) is 109 cm³/mol. The van der Waals surface area contributed by atoms with E-state index in [2.05, 4.69) is 22.4 Å². The lowest BCUT2D eigenvalue weighted by atomic mass is 9.91. The van der Waals surface area contributed by atoms with Gasteiger partial charge in [0, 0.05) is 18.3 Å². The third-order valence-electron chi connectivity index (χ3n) is 4.44. The van der Waals surface area contributed by atoms with Gasteiger partial charge in [-0.15, -0.1) is 11.3 Å². The number of carbonyl (C=O) groups excluding carboxylic acids is 1. The number of rotatable bonds is 8. The van der Waals surface area contributed by atoms with Crippen LogP contribution in [0.15, 0.2) is 60.0 Å². The molecule has 140 valence electrons. The van der Waals surface area contributed by atoms with Gasteiger partial charge in [-0.05, 0) is 36.6 Å². The molecule has 3 aromatic rings. The van der Waals surface area contributed by atoms with Gasteiger partial charge in [0.2, 0.25) is 5.91 Å². The molecule has 0 spiro atoms. The molecule has 0 bridgehead atoms. The van der Waals surface area contributed by atoms with Gasteiger partial charge in [-0.2, -0.15) is 0 Å². The second-order valence-electron chi connectivity index (χ2n) is 6.42. The second kappa shape index (κ2) is 9.33. The smallest absolute Gasteiger partial charge is 0.227 e. The van der Waals surface area contributed by atoms with Crippen molar-refractivity contribution in [1.82, 2.24) is 10.3 Å². The Morgan fingerprint density at radius 2 is 2.00 bits per heavy atom. The van der Waals surface area contributed by atoms with Gasteiger partial charge in [-0.25, -0.2) is 4.98 Å². The number of aromatic nitrogens is 1. The molecule has 0 fully saturated rings. The molecule has 4 nitrogen and oxygen atoms in total. The van der Waals surface area contributed by atoms with Gasteiger partial charge in [0.25, 0.3) is 0 Å². The molecular formula is C22H24N2O2S. The second-order valence-corrected chi connectivity index (χ2v) is 7.48. The monoisotopic (exact) mass is 380 g/mol. The van der Waals surface area contributed by atoms with Crippen molar-refractivity contribution in [2.75, 3.05) is 13.7 Å². The minimum Gasteiger partial charge on any atom is -0.497 e. The van der Waals surface area contributed by atoms with Gasteiger partial charge >= 0.3 is 0 Å². The first-order chi connectivity index (χ1) is 13.2. The zero-order chi connectivity index (χ0) is 19.1. The van der Waals surface area contributed by atoms with Gasteiger partial charge in [0.1, 0.15) is 5.75 Å². The topological polar surface area (TPSA) is 51.2 Å². The summed E-state index contributed by atoms with van der Waals surface area (Å²) in [6.07, 6.45) is 1.39. The summed E-state index contributed by atoms with van der Waals surface area (Å²) in [5, 5.41) is 6.18. The number of nitrogens with zero attached hydrogens (tertiary/aromatic N) is 1. The molecule has 0 radical (unpaired) electrons. The van der Waals surface area contributed by atoms with Crippen molar-refractivity contribution in [2.45, 2.75) is 25.7 Å². The van der Waals surface area contributed by atoms with E-state index in [4.69, 9.17) is 4.74 Å². The molecule has 1 amide bonds. The highest BCUT2D eigenvalue weighted by molar-refractivity contribution is 7.09. The molecule has 0 aliphatic rings. The van der Waals surface area contributed by atoms with Crippen molar-refractivity contribution in [2.24, 2.45) is 0 Å².